The molecule has 3 aromatic carbocycles. The molecule has 0 saturated carbocycles. The van der Waals surface area contributed by atoms with Gasteiger partial charge in [0.15, 0.2) is 0 Å². The second-order valence-corrected chi connectivity index (χ2v) is 7.35. The van der Waals surface area contributed by atoms with E-state index < -0.39 is 5.91 Å². The van der Waals surface area contributed by atoms with Gasteiger partial charge in [-0.3, -0.25) is 4.79 Å². The van der Waals surface area contributed by atoms with Crippen molar-refractivity contribution in [1.82, 2.24) is 4.57 Å². The van der Waals surface area contributed by atoms with Gasteiger partial charge in [0, 0.05) is 34.9 Å². The average Bonchev–Trinajstić information content (AvgIpc) is 3.20. The van der Waals surface area contributed by atoms with Crippen LogP contribution in [0, 0.1) is 22.7 Å². The number of ether oxygens (including phenoxy) is 1. The van der Waals surface area contributed by atoms with Crippen molar-refractivity contribution in [3.63, 3.8) is 0 Å². The van der Waals surface area contributed by atoms with Gasteiger partial charge < -0.3 is 14.6 Å². The van der Waals surface area contributed by atoms with Crippen LogP contribution in [0.3, 0.4) is 0 Å². The van der Waals surface area contributed by atoms with Gasteiger partial charge in [-0.25, -0.2) is 0 Å². The maximum Gasteiger partial charge on any atom is 0.266 e. The predicted molar refractivity (Wildman–Crippen MR) is 127 cm³/mol. The summed E-state index contributed by atoms with van der Waals surface area (Å²) in [6.45, 7) is 0.498. The van der Waals surface area contributed by atoms with Gasteiger partial charge in [0.1, 0.15) is 17.4 Å². The Morgan fingerprint density at radius 3 is 2.48 bits per heavy atom. The van der Waals surface area contributed by atoms with Crippen LogP contribution in [-0.4, -0.2) is 17.6 Å². The molecule has 0 fully saturated rings. The van der Waals surface area contributed by atoms with E-state index in [1.165, 1.54) is 0 Å². The van der Waals surface area contributed by atoms with Crippen LogP contribution < -0.4 is 10.1 Å². The number of rotatable bonds is 6. The van der Waals surface area contributed by atoms with Crippen molar-refractivity contribution < 1.29 is 9.53 Å². The number of para-hydroxylation sites is 1. The van der Waals surface area contributed by atoms with Crippen LogP contribution in [0.15, 0.2) is 84.6 Å². The van der Waals surface area contributed by atoms with Crippen molar-refractivity contribution in [3.8, 4) is 17.9 Å². The fourth-order valence-electron chi connectivity index (χ4n) is 3.65. The normalized spacial score (nSPS) is 10.9. The van der Waals surface area contributed by atoms with Gasteiger partial charge in [-0.15, -0.1) is 0 Å². The lowest BCUT2D eigenvalue weighted by molar-refractivity contribution is -0.112. The quantitative estimate of drug-likeness (QED) is 0.338. The number of fused-ring (bicyclic) bond motifs is 1. The lowest BCUT2D eigenvalue weighted by Gasteiger charge is -2.07. The number of methoxy groups -OCH3 is 1. The summed E-state index contributed by atoms with van der Waals surface area (Å²) in [5.41, 5.74) is 3.77. The lowest BCUT2D eigenvalue weighted by atomic mass is 10.1. The average molecular weight is 432 g/mol. The molecule has 0 atom stereocenters. The van der Waals surface area contributed by atoms with E-state index in [2.05, 4.69) is 11.4 Å². The third kappa shape index (κ3) is 4.61. The third-order valence-electron chi connectivity index (χ3n) is 5.31. The summed E-state index contributed by atoms with van der Waals surface area (Å²) in [6, 6.07) is 26.4. The van der Waals surface area contributed by atoms with Crippen LogP contribution in [0.25, 0.3) is 17.0 Å². The molecule has 1 amide bonds. The number of carbonyl (C=O) groups excluding carboxylic acids is 1. The Balaban J connectivity index is 1.67. The zero-order valence-electron chi connectivity index (χ0n) is 17.9. The molecular formula is C27H20N4O2. The molecule has 33 heavy (non-hydrogen) atoms. The van der Waals surface area contributed by atoms with Gasteiger partial charge in [-0.1, -0.05) is 36.4 Å². The topological polar surface area (TPSA) is 90.8 Å². The first kappa shape index (κ1) is 21.4. The van der Waals surface area contributed by atoms with E-state index in [0.29, 0.717) is 23.5 Å². The van der Waals surface area contributed by atoms with Crippen molar-refractivity contribution in [2.75, 3.05) is 12.4 Å². The highest BCUT2D eigenvalue weighted by atomic mass is 16.5. The van der Waals surface area contributed by atoms with Crippen LogP contribution in [0.1, 0.15) is 16.7 Å². The molecule has 0 saturated heterocycles. The maximum atomic E-state index is 12.7. The van der Waals surface area contributed by atoms with Gasteiger partial charge in [0.25, 0.3) is 5.91 Å². The van der Waals surface area contributed by atoms with Crippen LogP contribution >= 0.6 is 0 Å². The van der Waals surface area contributed by atoms with Crippen LogP contribution in [0.5, 0.6) is 5.75 Å². The Kier molecular flexibility index (Phi) is 6.20. The fourth-order valence-corrected chi connectivity index (χ4v) is 3.65. The van der Waals surface area contributed by atoms with Crippen molar-refractivity contribution >= 4 is 28.6 Å². The van der Waals surface area contributed by atoms with Crippen LogP contribution in [-0.2, 0) is 11.3 Å². The number of amides is 1. The van der Waals surface area contributed by atoms with Gasteiger partial charge in [0.05, 0.1) is 18.7 Å². The number of hydrogen-bond donors (Lipinski definition) is 1. The zero-order valence-corrected chi connectivity index (χ0v) is 17.9. The minimum absolute atomic E-state index is 0.00820. The monoisotopic (exact) mass is 432 g/mol. The molecule has 0 spiro atoms. The molecule has 160 valence electrons. The first-order chi connectivity index (χ1) is 16.1. The summed E-state index contributed by atoms with van der Waals surface area (Å²) in [4.78, 5) is 12.7. The van der Waals surface area contributed by atoms with Gasteiger partial charge >= 0.3 is 0 Å². The zero-order chi connectivity index (χ0) is 23.2. The number of carbonyl (C=O) groups is 1. The van der Waals surface area contributed by atoms with Crippen molar-refractivity contribution in [1.29, 1.82) is 10.5 Å². The highest BCUT2D eigenvalue weighted by Crippen LogP contribution is 2.25. The molecule has 0 radical (unpaired) electrons. The smallest absolute Gasteiger partial charge is 0.266 e. The van der Waals surface area contributed by atoms with Crippen molar-refractivity contribution in [2.24, 2.45) is 0 Å². The maximum absolute atomic E-state index is 12.7. The molecule has 6 heteroatoms. The second kappa shape index (κ2) is 9.55. The molecule has 6 nitrogen and oxygen atoms in total. The van der Waals surface area contributed by atoms with E-state index in [9.17, 15) is 15.3 Å². The van der Waals surface area contributed by atoms with Crippen LogP contribution in [0.2, 0.25) is 0 Å². The van der Waals surface area contributed by atoms with E-state index in [4.69, 9.17) is 4.74 Å². The molecule has 0 aliphatic heterocycles. The second-order valence-electron chi connectivity index (χ2n) is 7.35. The Hall–Kier alpha value is -4.81. The van der Waals surface area contributed by atoms with Gasteiger partial charge in [-0.05, 0) is 48.0 Å². The summed E-state index contributed by atoms with van der Waals surface area (Å²) in [7, 11) is 1.57. The molecule has 4 aromatic rings. The summed E-state index contributed by atoms with van der Waals surface area (Å²) in [5.74, 6) is 0.184. The standard InChI is InChI=1S/C27H20N4O2/c1-33-24-12-10-23(11-13-24)30-27(32)21(16-29)14-22-18-31(26-9-5-4-8-25(22)26)17-20-7-3-2-6-19(20)15-28/h2-14,18H,17H2,1H3,(H,30,32)/b21-14+. The number of hydrogen-bond acceptors (Lipinski definition) is 4. The molecular weight excluding hydrogens is 412 g/mol. The Morgan fingerprint density at radius 2 is 1.76 bits per heavy atom. The first-order valence-electron chi connectivity index (χ1n) is 10.3. The highest BCUT2D eigenvalue weighted by molar-refractivity contribution is 6.10. The molecule has 1 heterocycles. The Bertz CT molecular complexity index is 1430. The van der Waals surface area contributed by atoms with Crippen molar-refractivity contribution in [3.05, 3.63) is 101 Å². The molecule has 4 rings (SSSR count). The number of aromatic nitrogens is 1. The Labute approximate surface area is 191 Å². The van der Waals surface area contributed by atoms with Gasteiger partial charge in [-0.2, -0.15) is 10.5 Å². The third-order valence-corrected chi connectivity index (χ3v) is 5.31. The molecule has 1 aromatic heterocycles. The molecule has 0 bridgehead atoms. The van der Waals surface area contributed by atoms with E-state index in [-0.39, 0.29) is 5.57 Å². The number of nitrogens with one attached hydrogen (secondary N) is 1. The fraction of sp³-hybridized carbons (Fsp3) is 0.0741. The lowest BCUT2D eigenvalue weighted by Crippen LogP contribution is -2.13. The number of benzene rings is 3. The minimum Gasteiger partial charge on any atom is -0.497 e. The number of nitriles is 2. The largest absolute Gasteiger partial charge is 0.497 e. The summed E-state index contributed by atoms with van der Waals surface area (Å²) < 4.78 is 7.15. The SMILES string of the molecule is COc1ccc(NC(=O)/C(C#N)=C/c2cn(Cc3ccccc3C#N)c3ccccc23)cc1. The van der Waals surface area contributed by atoms with Crippen LogP contribution in [0.4, 0.5) is 5.69 Å². The molecule has 1 N–H and O–H groups in total. The Morgan fingerprint density at radius 1 is 1.03 bits per heavy atom. The predicted octanol–water partition coefficient (Wildman–Crippen LogP) is 5.12. The van der Waals surface area contributed by atoms with E-state index >= 15 is 0 Å². The minimum atomic E-state index is -0.491. The first-order valence-corrected chi connectivity index (χ1v) is 10.3. The molecule has 0 unspecified atom stereocenters. The molecule has 0 aliphatic carbocycles. The summed E-state index contributed by atoms with van der Waals surface area (Å²) >= 11 is 0. The number of nitrogens with zero attached hydrogens (tertiary/aromatic N) is 3. The van der Waals surface area contributed by atoms with E-state index in [0.717, 1.165) is 22.0 Å². The van der Waals surface area contributed by atoms with Crippen molar-refractivity contribution in [2.45, 2.75) is 6.54 Å². The summed E-state index contributed by atoms with van der Waals surface area (Å²) in [6.07, 6.45) is 3.49. The highest BCUT2D eigenvalue weighted by Gasteiger charge is 2.14. The van der Waals surface area contributed by atoms with E-state index in [1.807, 2.05) is 59.3 Å². The molecule has 0 aliphatic rings. The number of anilines is 1. The summed E-state index contributed by atoms with van der Waals surface area (Å²) in [5, 5.41) is 22.7. The van der Waals surface area contributed by atoms with E-state index in [1.54, 1.807) is 43.5 Å². The van der Waals surface area contributed by atoms with Gasteiger partial charge in [0.2, 0.25) is 0 Å².